The van der Waals surface area contributed by atoms with Crippen molar-refractivity contribution in [2.75, 3.05) is 13.1 Å². The number of nitrogens with zero attached hydrogens (tertiary/aromatic N) is 3. The summed E-state index contributed by atoms with van der Waals surface area (Å²) in [7, 11) is 2.02. The van der Waals surface area contributed by atoms with Crippen LogP contribution < -0.4 is 5.32 Å². The van der Waals surface area contributed by atoms with Gasteiger partial charge in [-0.25, -0.2) is 0 Å². The summed E-state index contributed by atoms with van der Waals surface area (Å²) in [4.78, 5) is 13.7. The van der Waals surface area contributed by atoms with Crippen LogP contribution in [0.25, 0.3) is 0 Å². The van der Waals surface area contributed by atoms with Crippen LogP contribution in [0.5, 0.6) is 0 Å². The summed E-state index contributed by atoms with van der Waals surface area (Å²) in [5, 5.41) is 8.07. The number of aryl methyl sites for hydroxylation is 1. The molecule has 2 heterocycles. The maximum Gasteiger partial charge on any atom is 0.222 e. The van der Waals surface area contributed by atoms with Crippen LogP contribution in [0, 0.1) is 0 Å². The van der Waals surface area contributed by atoms with E-state index in [0.717, 1.165) is 38.8 Å². The van der Waals surface area contributed by atoms with E-state index in [1.807, 2.05) is 22.8 Å². The van der Waals surface area contributed by atoms with Crippen LogP contribution in [-0.2, 0) is 18.3 Å². The molecular weight excluding hydrogens is 252 g/mol. The van der Waals surface area contributed by atoms with Crippen molar-refractivity contribution in [2.45, 2.75) is 51.1 Å². The van der Waals surface area contributed by atoms with Crippen LogP contribution in [0.15, 0.2) is 6.20 Å². The van der Waals surface area contributed by atoms with E-state index in [1.54, 1.807) is 0 Å². The lowest BCUT2D eigenvalue weighted by Gasteiger charge is -2.29. The Morgan fingerprint density at radius 2 is 2.30 bits per heavy atom. The minimum Gasteiger partial charge on any atom is -0.341 e. The first kappa shape index (κ1) is 13.6. The van der Waals surface area contributed by atoms with Gasteiger partial charge in [0, 0.05) is 49.9 Å². The second-order valence-corrected chi connectivity index (χ2v) is 6.13. The van der Waals surface area contributed by atoms with Crippen LogP contribution in [-0.4, -0.2) is 39.7 Å². The van der Waals surface area contributed by atoms with Crippen LogP contribution in [0.1, 0.15) is 49.9 Å². The minimum absolute atomic E-state index is 0.310. The average Bonchev–Trinajstić information content (AvgIpc) is 2.98. The van der Waals surface area contributed by atoms with Gasteiger partial charge < -0.3 is 10.2 Å². The summed E-state index contributed by atoms with van der Waals surface area (Å²) in [6.45, 7) is 3.93. The fourth-order valence-electron chi connectivity index (χ4n) is 3.50. The highest BCUT2D eigenvalue weighted by atomic mass is 16.2. The van der Waals surface area contributed by atoms with E-state index < -0.39 is 0 Å². The third kappa shape index (κ3) is 2.59. The van der Waals surface area contributed by atoms with Gasteiger partial charge >= 0.3 is 0 Å². The molecule has 2 atom stereocenters. The summed E-state index contributed by atoms with van der Waals surface area (Å²) in [6, 6.07) is 0.716. The van der Waals surface area contributed by atoms with Gasteiger partial charge in [0.1, 0.15) is 0 Å². The second-order valence-electron chi connectivity index (χ2n) is 6.13. The number of carbonyl (C=O) groups is 1. The van der Waals surface area contributed by atoms with Gasteiger partial charge in [-0.2, -0.15) is 5.10 Å². The zero-order valence-electron chi connectivity index (χ0n) is 12.4. The highest BCUT2D eigenvalue weighted by Crippen LogP contribution is 2.29. The summed E-state index contributed by atoms with van der Waals surface area (Å²) in [6.07, 6.45) is 7.24. The number of fused-ring (bicyclic) bond motifs is 1. The van der Waals surface area contributed by atoms with Gasteiger partial charge in [-0.3, -0.25) is 9.48 Å². The first-order chi connectivity index (χ1) is 9.65. The van der Waals surface area contributed by atoms with Crippen molar-refractivity contribution < 1.29 is 4.79 Å². The standard InChI is InChI=1S/C15H24N4O/c1-11(10-19-8-4-7-15(19)20)17-13-5-3-6-14-12(13)9-16-18(14)2/h9,11,13,17H,3-8,10H2,1-2H3. The maximum absolute atomic E-state index is 11.7. The third-order valence-electron chi connectivity index (χ3n) is 4.53. The van der Waals surface area contributed by atoms with Gasteiger partial charge in [0.05, 0.1) is 6.20 Å². The molecule has 1 N–H and O–H groups in total. The second kappa shape index (κ2) is 5.56. The molecule has 0 spiro atoms. The van der Waals surface area contributed by atoms with E-state index in [-0.39, 0.29) is 0 Å². The molecule has 2 unspecified atom stereocenters. The fraction of sp³-hybridized carbons (Fsp3) is 0.733. The molecule has 20 heavy (non-hydrogen) atoms. The molecule has 1 saturated heterocycles. The molecule has 1 aliphatic carbocycles. The molecule has 3 rings (SSSR count). The number of hydrogen-bond acceptors (Lipinski definition) is 3. The Bertz CT molecular complexity index is 496. The normalized spacial score (nSPS) is 24.0. The third-order valence-corrected chi connectivity index (χ3v) is 4.53. The summed E-state index contributed by atoms with van der Waals surface area (Å²) in [5.74, 6) is 0.310. The van der Waals surface area contributed by atoms with Crippen LogP contribution >= 0.6 is 0 Å². The average molecular weight is 276 g/mol. The van der Waals surface area contributed by atoms with E-state index in [1.165, 1.54) is 17.7 Å². The van der Waals surface area contributed by atoms with Crippen LogP contribution in [0.2, 0.25) is 0 Å². The lowest BCUT2D eigenvalue weighted by atomic mass is 9.92. The van der Waals surface area contributed by atoms with Crippen molar-refractivity contribution in [3.8, 4) is 0 Å². The van der Waals surface area contributed by atoms with Gasteiger partial charge in [-0.1, -0.05) is 0 Å². The van der Waals surface area contributed by atoms with E-state index in [4.69, 9.17) is 0 Å². The molecule has 2 aliphatic rings. The number of rotatable bonds is 4. The molecule has 1 aromatic rings. The number of carbonyl (C=O) groups excluding carboxylic acids is 1. The molecule has 5 nitrogen and oxygen atoms in total. The van der Waals surface area contributed by atoms with Gasteiger partial charge in [-0.15, -0.1) is 0 Å². The highest BCUT2D eigenvalue weighted by molar-refractivity contribution is 5.78. The lowest BCUT2D eigenvalue weighted by molar-refractivity contribution is -0.128. The Morgan fingerprint density at radius 3 is 3.05 bits per heavy atom. The Balaban J connectivity index is 1.62. The maximum atomic E-state index is 11.7. The van der Waals surface area contributed by atoms with Gasteiger partial charge in [0.15, 0.2) is 0 Å². The molecule has 110 valence electrons. The zero-order valence-corrected chi connectivity index (χ0v) is 12.4. The molecule has 0 radical (unpaired) electrons. The molecule has 1 aromatic heterocycles. The van der Waals surface area contributed by atoms with E-state index in [2.05, 4.69) is 17.3 Å². The minimum atomic E-state index is 0.310. The Labute approximate surface area is 120 Å². The molecule has 5 heteroatoms. The Kier molecular flexibility index (Phi) is 3.78. The quantitative estimate of drug-likeness (QED) is 0.904. The number of amides is 1. The molecule has 0 saturated carbocycles. The molecule has 1 amide bonds. The topological polar surface area (TPSA) is 50.2 Å². The van der Waals surface area contributed by atoms with Gasteiger partial charge in [0.2, 0.25) is 5.91 Å². The Hall–Kier alpha value is -1.36. The van der Waals surface area contributed by atoms with Crippen molar-refractivity contribution >= 4 is 5.91 Å². The zero-order chi connectivity index (χ0) is 14.1. The van der Waals surface area contributed by atoms with Crippen molar-refractivity contribution in [3.05, 3.63) is 17.5 Å². The SMILES string of the molecule is CC(CN1CCCC1=O)NC1CCCc2c1cnn2C. The molecule has 0 bridgehead atoms. The van der Waals surface area contributed by atoms with Crippen molar-refractivity contribution in [1.29, 1.82) is 0 Å². The first-order valence-electron chi connectivity index (χ1n) is 7.69. The van der Waals surface area contributed by atoms with Crippen molar-refractivity contribution in [2.24, 2.45) is 7.05 Å². The summed E-state index contributed by atoms with van der Waals surface area (Å²) in [5.41, 5.74) is 2.71. The van der Waals surface area contributed by atoms with Gasteiger partial charge in [0.25, 0.3) is 0 Å². The number of likely N-dealkylation sites (tertiary alicyclic amines) is 1. The van der Waals surface area contributed by atoms with Crippen molar-refractivity contribution in [1.82, 2.24) is 20.0 Å². The first-order valence-corrected chi connectivity index (χ1v) is 7.69. The predicted octanol–water partition coefficient (Wildman–Crippen LogP) is 1.40. The highest BCUT2D eigenvalue weighted by Gasteiger charge is 2.26. The molecule has 1 aliphatic heterocycles. The van der Waals surface area contributed by atoms with Crippen molar-refractivity contribution in [3.63, 3.8) is 0 Å². The smallest absolute Gasteiger partial charge is 0.222 e. The molecular formula is C15H24N4O. The summed E-state index contributed by atoms with van der Waals surface area (Å²) < 4.78 is 2.00. The van der Waals surface area contributed by atoms with E-state index in [9.17, 15) is 4.79 Å². The molecule has 1 fully saturated rings. The summed E-state index contributed by atoms with van der Waals surface area (Å²) >= 11 is 0. The van der Waals surface area contributed by atoms with E-state index in [0.29, 0.717) is 18.0 Å². The monoisotopic (exact) mass is 276 g/mol. The number of nitrogens with one attached hydrogen (secondary N) is 1. The predicted molar refractivity (Wildman–Crippen MR) is 77.3 cm³/mol. The lowest BCUT2D eigenvalue weighted by Crippen LogP contribution is -2.42. The van der Waals surface area contributed by atoms with E-state index >= 15 is 0 Å². The molecule has 0 aromatic carbocycles. The van der Waals surface area contributed by atoms with Crippen LogP contribution in [0.4, 0.5) is 0 Å². The largest absolute Gasteiger partial charge is 0.341 e. The van der Waals surface area contributed by atoms with Gasteiger partial charge in [-0.05, 0) is 32.6 Å². The number of hydrogen-bond donors (Lipinski definition) is 1. The Morgan fingerprint density at radius 1 is 1.45 bits per heavy atom. The number of aromatic nitrogens is 2. The fourth-order valence-corrected chi connectivity index (χ4v) is 3.50. The van der Waals surface area contributed by atoms with Crippen LogP contribution in [0.3, 0.4) is 0 Å².